The van der Waals surface area contributed by atoms with E-state index >= 15 is 0 Å². The molecule has 4 heteroatoms. The van der Waals surface area contributed by atoms with Gasteiger partial charge in [0.2, 0.25) is 0 Å². The molecule has 0 aliphatic heterocycles. The summed E-state index contributed by atoms with van der Waals surface area (Å²) in [6, 6.07) is 10.5. The summed E-state index contributed by atoms with van der Waals surface area (Å²) in [6.07, 6.45) is 11.0. The fraction of sp³-hybridized carbons (Fsp3) is 0. The summed E-state index contributed by atoms with van der Waals surface area (Å²) >= 11 is 9.91. The number of hydrogen-bond acceptors (Lipinski definition) is 3. The van der Waals surface area contributed by atoms with Gasteiger partial charge in [-0.1, -0.05) is 17.7 Å². The quantitative estimate of drug-likeness (QED) is 0.351. The fourth-order valence-corrected chi connectivity index (χ4v) is 5.33. The van der Waals surface area contributed by atoms with Crippen molar-refractivity contribution in [2.24, 2.45) is 0 Å². The Bertz CT molecular complexity index is 1170. The van der Waals surface area contributed by atoms with Crippen LogP contribution in [-0.2, 0) is 0 Å². The second-order valence-corrected chi connectivity index (χ2v) is 7.86. The van der Waals surface area contributed by atoms with Crippen LogP contribution in [0.1, 0.15) is 5.01 Å². The molecular formula is C19H9ClNS2+. The van der Waals surface area contributed by atoms with Gasteiger partial charge in [0.1, 0.15) is 17.7 Å². The molecule has 0 unspecified atom stereocenters. The molecule has 4 aromatic rings. The van der Waals surface area contributed by atoms with E-state index in [0.717, 1.165) is 26.5 Å². The van der Waals surface area contributed by atoms with Crippen LogP contribution in [0.5, 0.6) is 0 Å². The van der Waals surface area contributed by atoms with E-state index in [1.54, 1.807) is 22.7 Å². The maximum Gasteiger partial charge on any atom is 0.151 e. The SMILES string of the molecule is Clc1cccc2sc3cc4nc(C5=CC=[C+]C=C5)sc4cc3c12. The zero-order valence-electron chi connectivity index (χ0n) is 11.8. The van der Waals surface area contributed by atoms with Gasteiger partial charge in [-0.15, -0.1) is 22.7 Å². The predicted molar refractivity (Wildman–Crippen MR) is 102 cm³/mol. The van der Waals surface area contributed by atoms with Crippen molar-refractivity contribution in [3.63, 3.8) is 0 Å². The molecule has 0 spiro atoms. The normalized spacial score (nSPS) is 13.9. The molecule has 0 N–H and O–H groups in total. The van der Waals surface area contributed by atoms with Gasteiger partial charge in [0, 0.05) is 31.3 Å². The van der Waals surface area contributed by atoms with Crippen molar-refractivity contribution in [2.45, 2.75) is 0 Å². The first-order valence-corrected chi connectivity index (χ1v) is 9.18. The molecule has 1 aliphatic carbocycles. The summed E-state index contributed by atoms with van der Waals surface area (Å²) < 4.78 is 3.66. The summed E-state index contributed by atoms with van der Waals surface area (Å²) in [7, 11) is 0. The fourth-order valence-electron chi connectivity index (χ4n) is 2.86. The van der Waals surface area contributed by atoms with E-state index in [0.29, 0.717) is 0 Å². The van der Waals surface area contributed by atoms with Crippen LogP contribution in [0.3, 0.4) is 0 Å². The second kappa shape index (κ2) is 4.98. The van der Waals surface area contributed by atoms with E-state index in [1.165, 1.54) is 19.5 Å². The second-order valence-electron chi connectivity index (χ2n) is 5.34. The maximum absolute atomic E-state index is 6.42. The number of allylic oxidation sites excluding steroid dienone is 6. The lowest BCUT2D eigenvalue weighted by molar-refractivity contribution is 1.44. The van der Waals surface area contributed by atoms with E-state index in [-0.39, 0.29) is 0 Å². The molecule has 1 aliphatic rings. The first kappa shape index (κ1) is 13.4. The van der Waals surface area contributed by atoms with Crippen molar-refractivity contribution in [2.75, 3.05) is 0 Å². The Morgan fingerprint density at radius 1 is 1.04 bits per heavy atom. The molecule has 0 bridgehead atoms. The highest BCUT2D eigenvalue weighted by Crippen LogP contribution is 2.41. The van der Waals surface area contributed by atoms with Gasteiger partial charge in [-0.2, -0.15) is 0 Å². The minimum absolute atomic E-state index is 0.816. The number of nitrogens with zero attached hydrogens (tertiary/aromatic N) is 1. The first-order valence-electron chi connectivity index (χ1n) is 7.17. The third-order valence-electron chi connectivity index (χ3n) is 3.92. The lowest BCUT2D eigenvalue weighted by atomic mass is 10.1. The average molecular weight is 351 g/mol. The Morgan fingerprint density at radius 3 is 2.87 bits per heavy atom. The number of halogens is 1. The van der Waals surface area contributed by atoms with Gasteiger partial charge in [0.05, 0.1) is 22.4 Å². The average Bonchev–Trinajstić information content (AvgIpc) is 3.14. The van der Waals surface area contributed by atoms with Crippen LogP contribution in [0.2, 0.25) is 5.02 Å². The minimum Gasteiger partial charge on any atom is -0.233 e. The number of thiazole rings is 1. The molecule has 23 heavy (non-hydrogen) atoms. The Kier molecular flexibility index (Phi) is 2.91. The number of aromatic nitrogens is 1. The highest BCUT2D eigenvalue weighted by Gasteiger charge is 2.15. The molecule has 0 atom stereocenters. The number of thiophene rings is 1. The summed E-state index contributed by atoms with van der Waals surface area (Å²) in [4.78, 5) is 4.80. The molecule has 2 aromatic heterocycles. The van der Waals surface area contributed by atoms with Gasteiger partial charge in [0.15, 0.2) is 5.01 Å². The van der Waals surface area contributed by atoms with Crippen molar-refractivity contribution in [3.8, 4) is 0 Å². The molecule has 0 amide bonds. The van der Waals surface area contributed by atoms with Crippen molar-refractivity contribution >= 4 is 70.2 Å². The molecule has 2 heterocycles. The van der Waals surface area contributed by atoms with Crippen LogP contribution < -0.4 is 0 Å². The van der Waals surface area contributed by atoms with Crippen molar-refractivity contribution in [1.29, 1.82) is 0 Å². The number of rotatable bonds is 1. The van der Waals surface area contributed by atoms with E-state index in [4.69, 9.17) is 16.6 Å². The molecule has 1 nitrogen and oxygen atoms in total. The Morgan fingerprint density at radius 2 is 2.00 bits per heavy atom. The van der Waals surface area contributed by atoms with Crippen molar-refractivity contribution in [3.05, 3.63) is 70.7 Å². The summed E-state index contributed by atoms with van der Waals surface area (Å²) in [5, 5.41) is 4.23. The van der Waals surface area contributed by atoms with Gasteiger partial charge in [-0.3, -0.25) is 0 Å². The van der Waals surface area contributed by atoms with Gasteiger partial charge in [-0.25, -0.2) is 4.98 Å². The first-order chi connectivity index (χ1) is 11.3. The molecule has 0 radical (unpaired) electrons. The van der Waals surface area contributed by atoms with Gasteiger partial charge in [0.25, 0.3) is 0 Å². The molecule has 2 aromatic carbocycles. The smallest absolute Gasteiger partial charge is 0.151 e. The Labute approximate surface area is 145 Å². The maximum atomic E-state index is 6.42. The van der Waals surface area contributed by atoms with Crippen molar-refractivity contribution < 1.29 is 0 Å². The highest BCUT2D eigenvalue weighted by atomic mass is 35.5. The third-order valence-corrected chi connectivity index (χ3v) is 6.42. The monoisotopic (exact) mass is 350 g/mol. The van der Waals surface area contributed by atoms with Crippen LogP contribution in [0.25, 0.3) is 36.0 Å². The van der Waals surface area contributed by atoms with Crippen LogP contribution in [0, 0.1) is 6.08 Å². The molecule has 0 saturated heterocycles. The zero-order chi connectivity index (χ0) is 15.4. The van der Waals surface area contributed by atoms with Crippen LogP contribution in [0.15, 0.2) is 54.6 Å². The topological polar surface area (TPSA) is 12.9 Å². The van der Waals surface area contributed by atoms with Crippen LogP contribution >= 0.6 is 34.3 Å². The van der Waals surface area contributed by atoms with Crippen LogP contribution in [0.4, 0.5) is 0 Å². The van der Waals surface area contributed by atoms with Gasteiger partial charge >= 0.3 is 0 Å². The van der Waals surface area contributed by atoms with E-state index < -0.39 is 0 Å². The van der Waals surface area contributed by atoms with Crippen molar-refractivity contribution in [1.82, 2.24) is 4.98 Å². The largest absolute Gasteiger partial charge is 0.233 e. The zero-order valence-corrected chi connectivity index (χ0v) is 14.2. The lowest BCUT2D eigenvalue weighted by Gasteiger charge is -1.94. The Balaban J connectivity index is 1.81. The predicted octanol–water partition coefficient (Wildman–Crippen LogP) is 6.63. The minimum atomic E-state index is 0.816. The number of hydrogen-bond donors (Lipinski definition) is 0. The lowest BCUT2D eigenvalue weighted by Crippen LogP contribution is -1.80. The van der Waals surface area contributed by atoms with Gasteiger partial charge in [-0.05, 0) is 24.3 Å². The van der Waals surface area contributed by atoms with E-state index in [9.17, 15) is 0 Å². The molecule has 5 rings (SSSR count). The molecule has 0 saturated carbocycles. The highest BCUT2D eigenvalue weighted by molar-refractivity contribution is 7.26. The molecular weight excluding hydrogens is 342 g/mol. The van der Waals surface area contributed by atoms with E-state index in [2.05, 4.69) is 24.3 Å². The standard InChI is InChI=1S/C19H9ClNS2/c20-13-7-4-8-15-18(13)12-9-17-14(10-16(12)22-15)21-19(23-17)11-5-2-1-3-6-11/h2-10H/q+1. The summed E-state index contributed by atoms with van der Waals surface area (Å²) in [6.45, 7) is 0. The number of benzene rings is 2. The van der Waals surface area contributed by atoms with E-state index in [1.807, 2.05) is 36.4 Å². The summed E-state index contributed by atoms with van der Waals surface area (Å²) in [5.41, 5.74) is 2.18. The van der Waals surface area contributed by atoms with Gasteiger partial charge < -0.3 is 0 Å². The molecule has 108 valence electrons. The molecule has 0 fully saturated rings. The van der Waals surface area contributed by atoms with Crippen LogP contribution in [-0.4, -0.2) is 4.98 Å². The third kappa shape index (κ3) is 2.06. The Hall–Kier alpha value is -2.03. The summed E-state index contributed by atoms with van der Waals surface area (Å²) in [5.74, 6) is 0. The number of fused-ring (bicyclic) bond motifs is 4.